The summed E-state index contributed by atoms with van der Waals surface area (Å²) in [5.74, 6) is -0.114. The van der Waals surface area contributed by atoms with Crippen LogP contribution in [0.1, 0.15) is 36.2 Å². The van der Waals surface area contributed by atoms with Gasteiger partial charge in [0.15, 0.2) is 11.4 Å². The number of hydrogen-bond acceptors (Lipinski definition) is 4. The first-order valence-electron chi connectivity index (χ1n) is 7.91. The molecule has 2 aromatic rings. The molecule has 0 radical (unpaired) electrons. The topological polar surface area (TPSA) is 69.9 Å². The molecular weight excluding hydrogens is 280 g/mol. The van der Waals surface area contributed by atoms with Gasteiger partial charge in [0.05, 0.1) is 0 Å². The van der Waals surface area contributed by atoms with E-state index in [2.05, 4.69) is 15.2 Å². The summed E-state index contributed by atoms with van der Waals surface area (Å²) in [6, 6.07) is 3.27. The van der Waals surface area contributed by atoms with Crippen molar-refractivity contribution >= 4 is 11.6 Å². The van der Waals surface area contributed by atoms with Crippen LogP contribution in [0.25, 0.3) is 5.65 Å². The zero-order valence-electron chi connectivity index (χ0n) is 12.7. The number of hydrogen-bond donors (Lipinski definition) is 2. The lowest BCUT2D eigenvalue weighted by atomic mass is 10.3. The molecule has 3 heterocycles. The monoisotopic (exact) mass is 302 g/mol. The Bertz CT molecular complexity index is 647. The Morgan fingerprint density at radius 3 is 2.91 bits per heavy atom. The second kappa shape index (κ2) is 6.79. The molecular formula is C16H22N4O2. The highest BCUT2D eigenvalue weighted by atomic mass is 16.3. The molecule has 22 heavy (non-hydrogen) atoms. The van der Waals surface area contributed by atoms with E-state index in [-0.39, 0.29) is 11.7 Å². The van der Waals surface area contributed by atoms with Crippen LogP contribution in [0.2, 0.25) is 0 Å². The fourth-order valence-corrected chi connectivity index (χ4v) is 2.87. The summed E-state index contributed by atoms with van der Waals surface area (Å²) in [4.78, 5) is 18.7. The van der Waals surface area contributed by atoms with Crippen molar-refractivity contribution in [1.82, 2.24) is 19.6 Å². The Hall–Kier alpha value is -2.08. The largest absolute Gasteiger partial charge is 0.504 e. The van der Waals surface area contributed by atoms with E-state index >= 15 is 0 Å². The van der Waals surface area contributed by atoms with Gasteiger partial charge in [-0.3, -0.25) is 4.79 Å². The number of nitrogens with zero attached hydrogens (tertiary/aromatic N) is 3. The number of carbonyl (C=O) groups excluding carboxylic acids is 1. The van der Waals surface area contributed by atoms with E-state index < -0.39 is 0 Å². The van der Waals surface area contributed by atoms with E-state index in [0.29, 0.717) is 17.9 Å². The standard InChI is InChI=1S/C16H22N4O2/c21-14-6-5-11-20-12-13(18-15(14)20)16(22)17-7-1-2-8-19-9-3-4-10-19/h5-6,11-12,21H,1-4,7-10H2,(H,17,22). The molecule has 0 saturated carbocycles. The number of carbonyl (C=O) groups is 1. The zero-order valence-corrected chi connectivity index (χ0v) is 12.7. The molecule has 0 bridgehead atoms. The highest BCUT2D eigenvalue weighted by Gasteiger charge is 2.13. The van der Waals surface area contributed by atoms with Crippen LogP contribution in [0, 0.1) is 0 Å². The molecule has 3 rings (SSSR count). The highest BCUT2D eigenvalue weighted by Crippen LogP contribution is 2.16. The van der Waals surface area contributed by atoms with Crippen LogP contribution >= 0.6 is 0 Å². The summed E-state index contributed by atoms with van der Waals surface area (Å²) < 4.78 is 1.65. The molecule has 6 nitrogen and oxygen atoms in total. The molecule has 2 N–H and O–H groups in total. The fraction of sp³-hybridized carbons (Fsp3) is 0.500. The Morgan fingerprint density at radius 1 is 1.32 bits per heavy atom. The summed E-state index contributed by atoms with van der Waals surface area (Å²) in [6.07, 6.45) is 8.10. The Morgan fingerprint density at radius 2 is 2.14 bits per heavy atom. The summed E-state index contributed by atoms with van der Waals surface area (Å²) >= 11 is 0. The van der Waals surface area contributed by atoms with Crippen molar-refractivity contribution in [2.75, 3.05) is 26.2 Å². The predicted molar refractivity (Wildman–Crippen MR) is 84.1 cm³/mol. The first kappa shape index (κ1) is 14.8. The maximum absolute atomic E-state index is 12.1. The minimum atomic E-state index is -0.190. The number of rotatable bonds is 6. The molecule has 118 valence electrons. The van der Waals surface area contributed by atoms with Crippen molar-refractivity contribution < 1.29 is 9.90 Å². The maximum Gasteiger partial charge on any atom is 0.271 e. The molecule has 0 unspecified atom stereocenters. The van der Waals surface area contributed by atoms with Crippen LogP contribution in [0.4, 0.5) is 0 Å². The number of aromatic hydroxyl groups is 1. The highest BCUT2D eigenvalue weighted by molar-refractivity contribution is 5.93. The fourth-order valence-electron chi connectivity index (χ4n) is 2.87. The molecule has 1 fully saturated rings. The summed E-state index contributed by atoms with van der Waals surface area (Å²) in [5.41, 5.74) is 0.739. The van der Waals surface area contributed by atoms with Gasteiger partial charge < -0.3 is 19.7 Å². The first-order valence-corrected chi connectivity index (χ1v) is 7.91. The van der Waals surface area contributed by atoms with Crippen LogP contribution in [0.15, 0.2) is 24.5 Å². The number of unbranched alkanes of at least 4 members (excludes halogenated alkanes) is 1. The lowest BCUT2D eigenvalue weighted by Crippen LogP contribution is -2.26. The van der Waals surface area contributed by atoms with E-state index in [9.17, 15) is 9.90 Å². The molecule has 0 aromatic carbocycles. The van der Waals surface area contributed by atoms with Crippen molar-refractivity contribution in [3.05, 3.63) is 30.2 Å². The molecule has 0 spiro atoms. The van der Waals surface area contributed by atoms with E-state index in [1.807, 2.05) is 0 Å². The number of amides is 1. The number of nitrogens with one attached hydrogen (secondary N) is 1. The van der Waals surface area contributed by atoms with Gasteiger partial charge in [-0.1, -0.05) is 0 Å². The molecule has 1 aliphatic heterocycles. The molecule has 1 aliphatic rings. The third-order valence-electron chi connectivity index (χ3n) is 4.08. The average molecular weight is 302 g/mol. The van der Waals surface area contributed by atoms with Gasteiger partial charge >= 0.3 is 0 Å². The number of pyridine rings is 1. The van der Waals surface area contributed by atoms with Gasteiger partial charge in [-0.25, -0.2) is 4.98 Å². The van der Waals surface area contributed by atoms with Gasteiger partial charge in [-0.2, -0.15) is 0 Å². The quantitative estimate of drug-likeness (QED) is 0.796. The second-order valence-electron chi connectivity index (χ2n) is 5.76. The van der Waals surface area contributed by atoms with Gasteiger partial charge in [0.1, 0.15) is 5.69 Å². The molecule has 0 aliphatic carbocycles. The number of fused-ring (bicyclic) bond motifs is 1. The minimum Gasteiger partial charge on any atom is -0.504 e. The third-order valence-corrected chi connectivity index (χ3v) is 4.08. The van der Waals surface area contributed by atoms with Gasteiger partial charge in [0, 0.05) is 18.9 Å². The van der Waals surface area contributed by atoms with Crippen molar-refractivity contribution in [3.63, 3.8) is 0 Å². The molecule has 2 aromatic heterocycles. The van der Waals surface area contributed by atoms with Gasteiger partial charge in [0.2, 0.25) is 0 Å². The van der Waals surface area contributed by atoms with Crippen LogP contribution < -0.4 is 5.32 Å². The minimum absolute atomic E-state index is 0.0761. The van der Waals surface area contributed by atoms with Crippen molar-refractivity contribution in [2.24, 2.45) is 0 Å². The molecule has 0 atom stereocenters. The molecule has 1 saturated heterocycles. The van der Waals surface area contributed by atoms with E-state index in [0.717, 1.165) is 19.4 Å². The SMILES string of the molecule is O=C(NCCCCN1CCCC1)c1cn2cccc(O)c2n1. The predicted octanol–water partition coefficient (Wildman–Crippen LogP) is 1.65. The van der Waals surface area contributed by atoms with Crippen LogP contribution in [0.5, 0.6) is 5.75 Å². The van der Waals surface area contributed by atoms with E-state index in [1.165, 1.54) is 25.9 Å². The number of likely N-dealkylation sites (tertiary alicyclic amines) is 1. The Balaban J connectivity index is 1.45. The van der Waals surface area contributed by atoms with Gasteiger partial charge in [-0.15, -0.1) is 0 Å². The summed E-state index contributed by atoms with van der Waals surface area (Å²) in [5, 5.41) is 12.6. The number of aromatic nitrogens is 2. The number of imidazole rings is 1. The van der Waals surface area contributed by atoms with Crippen LogP contribution in [-0.4, -0.2) is 51.5 Å². The lowest BCUT2D eigenvalue weighted by molar-refractivity contribution is 0.0948. The Kier molecular flexibility index (Phi) is 4.58. The Labute approximate surface area is 129 Å². The second-order valence-corrected chi connectivity index (χ2v) is 5.76. The lowest BCUT2D eigenvalue weighted by Gasteiger charge is -2.13. The third kappa shape index (κ3) is 3.39. The van der Waals surface area contributed by atoms with E-state index in [4.69, 9.17) is 0 Å². The van der Waals surface area contributed by atoms with Gasteiger partial charge in [0.25, 0.3) is 5.91 Å². The summed E-state index contributed by atoms with van der Waals surface area (Å²) in [7, 11) is 0. The molecule has 1 amide bonds. The normalized spacial score (nSPS) is 15.5. The average Bonchev–Trinajstić information content (AvgIpc) is 3.16. The smallest absolute Gasteiger partial charge is 0.271 e. The van der Waals surface area contributed by atoms with Crippen LogP contribution in [-0.2, 0) is 0 Å². The van der Waals surface area contributed by atoms with Crippen molar-refractivity contribution in [2.45, 2.75) is 25.7 Å². The maximum atomic E-state index is 12.1. The van der Waals surface area contributed by atoms with Crippen molar-refractivity contribution in [1.29, 1.82) is 0 Å². The van der Waals surface area contributed by atoms with Gasteiger partial charge in [-0.05, 0) is 57.5 Å². The summed E-state index contributed by atoms with van der Waals surface area (Å²) in [6.45, 7) is 4.22. The first-order chi connectivity index (χ1) is 10.7. The molecule has 6 heteroatoms. The zero-order chi connectivity index (χ0) is 15.4. The van der Waals surface area contributed by atoms with Crippen molar-refractivity contribution in [3.8, 4) is 5.75 Å². The van der Waals surface area contributed by atoms with E-state index in [1.54, 1.807) is 28.9 Å². The van der Waals surface area contributed by atoms with Crippen LogP contribution in [0.3, 0.4) is 0 Å².